The van der Waals surface area contributed by atoms with Gasteiger partial charge in [0.05, 0.1) is 0 Å². The van der Waals surface area contributed by atoms with Crippen LogP contribution in [0.5, 0.6) is 0 Å². The van der Waals surface area contributed by atoms with Crippen molar-refractivity contribution < 1.29 is 14.7 Å². The summed E-state index contributed by atoms with van der Waals surface area (Å²) in [6.07, 6.45) is 0.0246. The zero-order valence-corrected chi connectivity index (χ0v) is 6.41. The van der Waals surface area contributed by atoms with Gasteiger partial charge in [0.25, 0.3) is 0 Å². The molecule has 0 atom stereocenters. The van der Waals surface area contributed by atoms with Crippen LogP contribution in [-0.4, -0.2) is 23.1 Å². The summed E-state index contributed by atoms with van der Waals surface area (Å²) in [5, 5.41) is 10.6. The van der Waals surface area contributed by atoms with E-state index in [-0.39, 0.29) is 17.9 Å². The lowest BCUT2D eigenvalue weighted by molar-refractivity contribution is -0.128. The van der Waals surface area contributed by atoms with Crippen LogP contribution in [0.4, 0.5) is 4.79 Å². The second-order valence-corrected chi connectivity index (χ2v) is 2.82. The molecule has 6 nitrogen and oxygen atoms in total. The van der Waals surface area contributed by atoms with Crippen LogP contribution in [0, 0.1) is 5.92 Å². The maximum Gasteiger partial charge on any atom is 0.404 e. The predicted molar refractivity (Wildman–Crippen MR) is 40.0 cm³/mol. The number of carbonyl (C=O) groups is 2. The Bertz CT molecular complexity index is 200. The summed E-state index contributed by atoms with van der Waals surface area (Å²) in [5.41, 5.74) is 2.03. The molecule has 0 aromatic heterocycles. The average molecular weight is 173 g/mol. The monoisotopic (exact) mass is 173 g/mol. The first kappa shape index (κ1) is 8.79. The molecule has 0 unspecified atom stereocenters. The lowest BCUT2D eigenvalue weighted by atomic mass is 9.80. The molecule has 1 fully saturated rings. The number of carboxylic acid groups (broad SMARTS) is 1. The molecular weight excluding hydrogens is 162 g/mol. The zero-order valence-electron chi connectivity index (χ0n) is 6.41. The van der Waals surface area contributed by atoms with Gasteiger partial charge in [0.2, 0.25) is 5.91 Å². The van der Waals surface area contributed by atoms with E-state index < -0.39 is 6.09 Å². The van der Waals surface area contributed by atoms with Crippen molar-refractivity contribution in [2.24, 2.45) is 11.8 Å². The molecule has 2 amide bonds. The van der Waals surface area contributed by atoms with Crippen LogP contribution in [0.15, 0.2) is 0 Å². The molecule has 1 aliphatic carbocycles. The Morgan fingerprint density at radius 3 is 2.42 bits per heavy atom. The van der Waals surface area contributed by atoms with Gasteiger partial charge in [-0.25, -0.2) is 10.6 Å². The Balaban J connectivity index is 2.20. The molecule has 12 heavy (non-hydrogen) atoms. The lowest BCUT2D eigenvalue weighted by Crippen LogP contribution is -2.50. The molecule has 0 bridgehead atoms. The third-order valence-electron chi connectivity index (χ3n) is 1.98. The number of hydrogen-bond acceptors (Lipinski definition) is 3. The van der Waals surface area contributed by atoms with E-state index in [0.29, 0.717) is 12.8 Å². The van der Waals surface area contributed by atoms with Crippen molar-refractivity contribution in [2.45, 2.75) is 18.9 Å². The molecule has 6 heteroatoms. The number of hydrogen-bond donors (Lipinski definition) is 4. The fourth-order valence-electron chi connectivity index (χ4n) is 1.24. The summed E-state index contributed by atoms with van der Waals surface area (Å²) in [6.45, 7) is 0. The van der Waals surface area contributed by atoms with E-state index in [1.807, 2.05) is 5.43 Å². The number of rotatable bonds is 2. The molecule has 0 radical (unpaired) electrons. The van der Waals surface area contributed by atoms with Gasteiger partial charge in [-0.2, -0.15) is 0 Å². The van der Waals surface area contributed by atoms with E-state index in [4.69, 9.17) is 10.9 Å². The van der Waals surface area contributed by atoms with Gasteiger partial charge in [-0.3, -0.25) is 10.2 Å². The highest BCUT2D eigenvalue weighted by molar-refractivity contribution is 5.79. The SMILES string of the molecule is NNC(=O)C1CC(NC(=O)O)C1. The molecule has 0 aromatic rings. The Kier molecular flexibility index (Phi) is 2.49. The van der Waals surface area contributed by atoms with E-state index in [2.05, 4.69) is 5.32 Å². The Hall–Kier alpha value is -1.30. The van der Waals surface area contributed by atoms with Crippen molar-refractivity contribution in [3.63, 3.8) is 0 Å². The smallest absolute Gasteiger partial charge is 0.404 e. The highest BCUT2D eigenvalue weighted by atomic mass is 16.4. The minimum Gasteiger partial charge on any atom is -0.465 e. The van der Waals surface area contributed by atoms with E-state index in [0.717, 1.165) is 0 Å². The van der Waals surface area contributed by atoms with Gasteiger partial charge in [-0.15, -0.1) is 0 Å². The summed E-state index contributed by atoms with van der Waals surface area (Å²) in [5.74, 6) is 4.54. The topological polar surface area (TPSA) is 104 Å². The standard InChI is InChI=1S/C6H11N3O3/c7-9-5(10)3-1-4(2-3)8-6(11)12/h3-4,8H,1-2,7H2,(H,9,10)(H,11,12). The molecule has 1 rings (SSSR count). The molecule has 0 saturated heterocycles. The van der Waals surface area contributed by atoms with E-state index in [1.165, 1.54) is 0 Å². The van der Waals surface area contributed by atoms with Gasteiger partial charge in [0.15, 0.2) is 0 Å². The number of carbonyl (C=O) groups excluding carboxylic acids is 1. The predicted octanol–water partition coefficient (Wildman–Crippen LogP) is -0.978. The molecule has 0 aromatic carbocycles. The quantitative estimate of drug-likeness (QED) is 0.245. The van der Waals surface area contributed by atoms with Crippen molar-refractivity contribution in [3.05, 3.63) is 0 Å². The van der Waals surface area contributed by atoms with Crippen LogP contribution in [0.2, 0.25) is 0 Å². The number of amides is 2. The van der Waals surface area contributed by atoms with Crippen LogP contribution in [0.3, 0.4) is 0 Å². The fraction of sp³-hybridized carbons (Fsp3) is 0.667. The van der Waals surface area contributed by atoms with Gasteiger partial charge in [-0.1, -0.05) is 0 Å². The van der Waals surface area contributed by atoms with Crippen LogP contribution in [-0.2, 0) is 4.79 Å². The van der Waals surface area contributed by atoms with Crippen LogP contribution in [0.25, 0.3) is 0 Å². The van der Waals surface area contributed by atoms with Crippen molar-refractivity contribution in [3.8, 4) is 0 Å². The summed E-state index contributed by atoms with van der Waals surface area (Å²) in [6, 6.07) is -0.0928. The first-order valence-electron chi connectivity index (χ1n) is 3.63. The van der Waals surface area contributed by atoms with Gasteiger partial charge in [0, 0.05) is 12.0 Å². The maximum absolute atomic E-state index is 10.8. The normalized spacial score (nSPS) is 27.1. The zero-order chi connectivity index (χ0) is 9.14. The van der Waals surface area contributed by atoms with Crippen LogP contribution >= 0.6 is 0 Å². The van der Waals surface area contributed by atoms with Crippen molar-refractivity contribution >= 4 is 12.0 Å². The largest absolute Gasteiger partial charge is 0.465 e. The van der Waals surface area contributed by atoms with E-state index in [9.17, 15) is 9.59 Å². The highest BCUT2D eigenvalue weighted by Gasteiger charge is 2.34. The second kappa shape index (κ2) is 3.40. The number of nitrogens with one attached hydrogen (secondary N) is 2. The first-order chi connectivity index (χ1) is 5.63. The highest BCUT2D eigenvalue weighted by Crippen LogP contribution is 2.26. The molecule has 1 aliphatic rings. The van der Waals surface area contributed by atoms with Gasteiger partial charge >= 0.3 is 6.09 Å². The Morgan fingerprint density at radius 1 is 1.42 bits per heavy atom. The minimum atomic E-state index is -1.05. The lowest BCUT2D eigenvalue weighted by Gasteiger charge is -2.33. The van der Waals surface area contributed by atoms with Gasteiger partial charge in [-0.05, 0) is 12.8 Å². The molecule has 0 heterocycles. The maximum atomic E-state index is 10.8. The Labute approximate surface area is 69.1 Å². The molecule has 1 saturated carbocycles. The second-order valence-electron chi connectivity index (χ2n) is 2.82. The summed E-state index contributed by atoms with van der Waals surface area (Å²) in [7, 11) is 0. The van der Waals surface area contributed by atoms with Crippen molar-refractivity contribution in [2.75, 3.05) is 0 Å². The molecule has 0 aliphatic heterocycles. The van der Waals surface area contributed by atoms with E-state index in [1.54, 1.807) is 0 Å². The molecule has 0 spiro atoms. The summed E-state index contributed by atoms with van der Waals surface area (Å²) in [4.78, 5) is 20.9. The average Bonchev–Trinajstić information content (AvgIpc) is 1.94. The van der Waals surface area contributed by atoms with Crippen molar-refractivity contribution in [1.29, 1.82) is 0 Å². The number of nitrogens with two attached hydrogens (primary N) is 1. The number of hydrazine groups is 1. The van der Waals surface area contributed by atoms with Gasteiger partial charge in [0.1, 0.15) is 0 Å². The third kappa shape index (κ3) is 1.85. The molecular formula is C6H11N3O3. The molecule has 68 valence electrons. The summed E-state index contributed by atoms with van der Waals surface area (Å²) >= 11 is 0. The van der Waals surface area contributed by atoms with Crippen LogP contribution in [0.1, 0.15) is 12.8 Å². The van der Waals surface area contributed by atoms with Crippen LogP contribution < -0.4 is 16.6 Å². The molecule has 5 N–H and O–H groups in total. The fourth-order valence-corrected chi connectivity index (χ4v) is 1.24. The summed E-state index contributed by atoms with van der Waals surface area (Å²) < 4.78 is 0. The Morgan fingerprint density at radius 2 is 2.00 bits per heavy atom. The third-order valence-corrected chi connectivity index (χ3v) is 1.98. The minimum absolute atomic E-state index is 0.0928. The van der Waals surface area contributed by atoms with Gasteiger partial charge < -0.3 is 10.4 Å². The first-order valence-corrected chi connectivity index (χ1v) is 3.63. The van der Waals surface area contributed by atoms with Crippen molar-refractivity contribution in [1.82, 2.24) is 10.7 Å². The van der Waals surface area contributed by atoms with E-state index >= 15 is 0 Å².